The summed E-state index contributed by atoms with van der Waals surface area (Å²) in [6.07, 6.45) is 2.46. The summed E-state index contributed by atoms with van der Waals surface area (Å²) >= 11 is 0. The number of furan rings is 1. The van der Waals surface area contributed by atoms with Crippen molar-refractivity contribution in [3.05, 3.63) is 34.1 Å². The summed E-state index contributed by atoms with van der Waals surface area (Å²) in [5, 5.41) is 10.3. The van der Waals surface area contributed by atoms with E-state index >= 15 is 0 Å². The molecule has 0 aliphatic carbocycles. The SMILES string of the molecule is O=C(C=Cc1ccc([N+](=O)[O-])o1)OCC1CO1. The number of epoxide rings is 1. The molecule has 1 saturated heterocycles. The zero-order valence-electron chi connectivity index (χ0n) is 8.70. The number of carbonyl (C=O) groups excluding carboxylic acids is 1. The van der Waals surface area contributed by atoms with Crippen molar-refractivity contribution in [2.45, 2.75) is 6.10 Å². The highest BCUT2D eigenvalue weighted by Crippen LogP contribution is 2.16. The Balaban J connectivity index is 1.84. The average molecular weight is 239 g/mol. The van der Waals surface area contributed by atoms with E-state index < -0.39 is 10.9 Å². The molecule has 1 aliphatic rings. The number of esters is 1. The van der Waals surface area contributed by atoms with Crippen molar-refractivity contribution in [1.29, 1.82) is 0 Å². The molecule has 90 valence electrons. The third kappa shape index (κ3) is 3.42. The first kappa shape index (κ1) is 11.3. The highest BCUT2D eigenvalue weighted by Gasteiger charge is 2.23. The second-order valence-electron chi connectivity index (χ2n) is 3.35. The summed E-state index contributed by atoms with van der Waals surface area (Å²) in [6.45, 7) is 0.836. The van der Waals surface area contributed by atoms with E-state index in [9.17, 15) is 14.9 Å². The summed E-state index contributed by atoms with van der Waals surface area (Å²) in [4.78, 5) is 20.8. The quantitative estimate of drug-likeness (QED) is 0.251. The third-order valence-corrected chi connectivity index (χ3v) is 1.99. The molecule has 17 heavy (non-hydrogen) atoms. The van der Waals surface area contributed by atoms with Crippen LogP contribution >= 0.6 is 0 Å². The first-order valence-corrected chi connectivity index (χ1v) is 4.86. The van der Waals surface area contributed by atoms with E-state index in [-0.39, 0.29) is 24.4 Å². The lowest BCUT2D eigenvalue weighted by Gasteiger charge is -1.96. The van der Waals surface area contributed by atoms with Crippen LogP contribution in [0.1, 0.15) is 5.76 Å². The molecule has 2 heterocycles. The Morgan fingerprint density at radius 2 is 2.41 bits per heavy atom. The molecule has 2 rings (SSSR count). The van der Waals surface area contributed by atoms with Gasteiger partial charge >= 0.3 is 11.9 Å². The third-order valence-electron chi connectivity index (χ3n) is 1.99. The van der Waals surface area contributed by atoms with Gasteiger partial charge in [0.1, 0.15) is 23.4 Å². The minimum Gasteiger partial charge on any atom is -0.460 e. The van der Waals surface area contributed by atoms with Crippen LogP contribution in [0.15, 0.2) is 22.6 Å². The van der Waals surface area contributed by atoms with Gasteiger partial charge in [0.15, 0.2) is 0 Å². The fourth-order valence-corrected chi connectivity index (χ4v) is 1.07. The first-order valence-electron chi connectivity index (χ1n) is 4.86. The van der Waals surface area contributed by atoms with Gasteiger partial charge in [0.25, 0.3) is 0 Å². The van der Waals surface area contributed by atoms with Gasteiger partial charge in [0, 0.05) is 6.08 Å². The number of nitrogens with zero attached hydrogens (tertiary/aromatic N) is 1. The van der Waals surface area contributed by atoms with Crippen molar-refractivity contribution in [2.24, 2.45) is 0 Å². The van der Waals surface area contributed by atoms with Gasteiger partial charge in [-0.25, -0.2) is 4.79 Å². The van der Waals surface area contributed by atoms with Crippen LogP contribution in [0.2, 0.25) is 0 Å². The van der Waals surface area contributed by atoms with Gasteiger partial charge in [0.05, 0.1) is 12.7 Å². The second kappa shape index (κ2) is 4.79. The van der Waals surface area contributed by atoms with Gasteiger partial charge in [-0.2, -0.15) is 0 Å². The fourth-order valence-electron chi connectivity index (χ4n) is 1.07. The predicted molar refractivity (Wildman–Crippen MR) is 55.1 cm³/mol. The number of rotatable bonds is 5. The lowest BCUT2D eigenvalue weighted by Crippen LogP contribution is -2.06. The summed E-state index contributed by atoms with van der Waals surface area (Å²) < 4.78 is 14.5. The normalized spacial score (nSPS) is 18.2. The summed E-state index contributed by atoms with van der Waals surface area (Å²) in [7, 11) is 0. The maximum absolute atomic E-state index is 11.1. The Bertz CT molecular complexity index is 459. The molecule has 0 N–H and O–H groups in total. The van der Waals surface area contributed by atoms with Gasteiger partial charge in [-0.3, -0.25) is 10.1 Å². The van der Waals surface area contributed by atoms with E-state index in [1.54, 1.807) is 0 Å². The molecule has 7 heteroatoms. The summed E-state index contributed by atoms with van der Waals surface area (Å²) in [5.74, 6) is -0.694. The van der Waals surface area contributed by atoms with Crippen LogP contribution in [0.4, 0.5) is 5.88 Å². The molecule has 1 atom stereocenters. The molecule has 1 aliphatic heterocycles. The highest BCUT2D eigenvalue weighted by atomic mass is 16.6. The van der Waals surface area contributed by atoms with Crippen LogP contribution in [0.3, 0.4) is 0 Å². The summed E-state index contributed by atoms with van der Waals surface area (Å²) in [6, 6.07) is 2.61. The largest absolute Gasteiger partial charge is 0.460 e. The predicted octanol–water partition coefficient (Wildman–Crippen LogP) is 1.14. The van der Waals surface area contributed by atoms with Gasteiger partial charge in [-0.15, -0.1) is 0 Å². The number of ether oxygens (including phenoxy) is 2. The van der Waals surface area contributed by atoms with E-state index in [0.29, 0.717) is 6.61 Å². The van der Waals surface area contributed by atoms with Crippen molar-refractivity contribution in [2.75, 3.05) is 13.2 Å². The van der Waals surface area contributed by atoms with Gasteiger partial charge in [-0.1, -0.05) is 0 Å². The number of hydrogen-bond acceptors (Lipinski definition) is 6. The Morgan fingerprint density at radius 1 is 1.65 bits per heavy atom. The lowest BCUT2D eigenvalue weighted by atomic mass is 10.4. The molecule has 1 aromatic heterocycles. The van der Waals surface area contributed by atoms with E-state index in [0.717, 1.165) is 6.08 Å². The van der Waals surface area contributed by atoms with Crippen molar-refractivity contribution >= 4 is 17.9 Å². The molecule has 1 fully saturated rings. The molecule has 1 unspecified atom stereocenters. The standard InChI is InChI=1S/C10H9NO6/c12-10(16-6-8-5-15-8)4-2-7-1-3-9(17-7)11(13)14/h1-4,8H,5-6H2. The molecule has 0 aromatic carbocycles. The maximum atomic E-state index is 11.1. The first-order chi connectivity index (χ1) is 8.15. The number of hydrogen-bond donors (Lipinski definition) is 0. The number of nitro groups is 1. The van der Waals surface area contributed by atoms with Crippen LogP contribution < -0.4 is 0 Å². The van der Waals surface area contributed by atoms with E-state index in [4.69, 9.17) is 13.9 Å². The molecular formula is C10H9NO6. The average Bonchev–Trinajstić information content (AvgIpc) is 3.00. The van der Waals surface area contributed by atoms with Crippen LogP contribution in [-0.4, -0.2) is 30.2 Å². The minimum atomic E-state index is -0.653. The molecule has 0 bridgehead atoms. The van der Waals surface area contributed by atoms with E-state index in [2.05, 4.69) is 0 Å². The van der Waals surface area contributed by atoms with Gasteiger partial charge in [-0.05, 0) is 12.1 Å². The molecular weight excluding hydrogens is 230 g/mol. The maximum Gasteiger partial charge on any atom is 0.433 e. The van der Waals surface area contributed by atoms with Crippen LogP contribution in [0, 0.1) is 10.1 Å². The minimum absolute atomic E-state index is 0.0112. The zero-order chi connectivity index (χ0) is 12.3. The van der Waals surface area contributed by atoms with Gasteiger partial charge in [0.2, 0.25) is 0 Å². The fraction of sp³-hybridized carbons (Fsp3) is 0.300. The Labute approximate surface area is 95.8 Å². The topological polar surface area (TPSA) is 95.1 Å². The smallest absolute Gasteiger partial charge is 0.433 e. The molecule has 0 amide bonds. The Morgan fingerprint density at radius 3 is 3.00 bits per heavy atom. The van der Waals surface area contributed by atoms with Crippen molar-refractivity contribution in [3.8, 4) is 0 Å². The Hall–Kier alpha value is -2.15. The van der Waals surface area contributed by atoms with Crippen molar-refractivity contribution in [1.82, 2.24) is 0 Å². The monoisotopic (exact) mass is 239 g/mol. The van der Waals surface area contributed by atoms with Crippen molar-refractivity contribution < 1.29 is 23.6 Å². The molecule has 0 radical (unpaired) electrons. The lowest BCUT2D eigenvalue weighted by molar-refractivity contribution is -0.402. The molecule has 1 aromatic rings. The van der Waals surface area contributed by atoms with E-state index in [1.807, 2.05) is 0 Å². The number of carbonyl (C=O) groups is 1. The highest BCUT2D eigenvalue weighted by molar-refractivity contribution is 5.86. The summed E-state index contributed by atoms with van der Waals surface area (Å²) in [5.41, 5.74) is 0. The Kier molecular flexibility index (Phi) is 3.20. The zero-order valence-corrected chi connectivity index (χ0v) is 8.70. The van der Waals surface area contributed by atoms with Crippen LogP contribution in [0.25, 0.3) is 6.08 Å². The van der Waals surface area contributed by atoms with Crippen LogP contribution in [-0.2, 0) is 14.3 Å². The van der Waals surface area contributed by atoms with Gasteiger partial charge < -0.3 is 13.9 Å². The van der Waals surface area contributed by atoms with Crippen LogP contribution in [0.5, 0.6) is 0 Å². The molecule has 0 spiro atoms. The molecule has 7 nitrogen and oxygen atoms in total. The second-order valence-corrected chi connectivity index (χ2v) is 3.35. The van der Waals surface area contributed by atoms with E-state index in [1.165, 1.54) is 18.2 Å². The molecule has 0 saturated carbocycles. The van der Waals surface area contributed by atoms with Crippen molar-refractivity contribution in [3.63, 3.8) is 0 Å².